The normalized spacial score (nSPS) is 11.3. The van der Waals surface area contributed by atoms with Gasteiger partial charge in [-0.1, -0.05) is 67.6 Å². The van der Waals surface area contributed by atoms with Crippen molar-refractivity contribution in [2.24, 2.45) is 0 Å². The van der Waals surface area contributed by atoms with Crippen LogP contribution in [0.2, 0.25) is 0 Å². The van der Waals surface area contributed by atoms with E-state index in [0.717, 1.165) is 17.5 Å². The fourth-order valence-electron chi connectivity index (χ4n) is 3.13. The maximum absolute atomic E-state index is 12.7. The quantitative estimate of drug-likeness (QED) is 0.506. The summed E-state index contributed by atoms with van der Waals surface area (Å²) < 4.78 is 5.23. The van der Waals surface area contributed by atoms with Gasteiger partial charge in [0.1, 0.15) is 6.04 Å². The van der Waals surface area contributed by atoms with Gasteiger partial charge in [0.15, 0.2) is 6.61 Å². The minimum atomic E-state index is -0.929. The zero-order chi connectivity index (χ0) is 22.8. The molecule has 1 atom stereocenters. The lowest BCUT2D eigenvalue weighted by molar-refractivity contribution is -0.149. The van der Waals surface area contributed by atoms with Crippen molar-refractivity contribution < 1.29 is 19.1 Å². The van der Waals surface area contributed by atoms with Crippen molar-refractivity contribution in [1.82, 2.24) is 5.32 Å². The van der Waals surface area contributed by atoms with Crippen LogP contribution >= 0.6 is 0 Å². The van der Waals surface area contributed by atoms with Gasteiger partial charge in [0.2, 0.25) is 0 Å². The summed E-state index contributed by atoms with van der Waals surface area (Å²) in [6.45, 7) is 1.61. The van der Waals surface area contributed by atoms with Crippen molar-refractivity contribution in [3.05, 3.63) is 102 Å². The molecule has 2 amide bonds. The van der Waals surface area contributed by atoms with E-state index in [1.54, 1.807) is 42.5 Å². The van der Waals surface area contributed by atoms with E-state index in [-0.39, 0.29) is 12.3 Å². The summed E-state index contributed by atoms with van der Waals surface area (Å²) in [5.74, 6) is -1.51. The minimum Gasteiger partial charge on any atom is -0.454 e. The first kappa shape index (κ1) is 22.7. The molecule has 0 bridgehead atoms. The van der Waals surface area contributed by atoms with E-state index in [9.17, 15) is 14.4 Å². The molecule has 0 saturated carbocycles. The van der Waals surface area contributed by atoms with Crippen molar-refractivity contribution in [3.8, 4) is 0 Å². The van der Waals surface area contributed by atoms with Crippen LogP contribution in [0.25, 0.3) is 0 Å². The second kappa shape index (κ2) is 11.5. The Morgan fingerprint density at radius 2 is 1.44 bits per heavy atom. The number of benzene rings is 3. The molecule has 2 N–H and O–H groups in total. The van der Waals surface area contributed by atoms with Crippen LogP contribution in [0, 0.1) is 0 Å². The van der Waals surface area contributed by atoms with Crippen molar-refractivity contribution in [3.63, 3.8) is 0 Å². The van der Waals surface area contributed by atoms with Crippen LogP contribution in [0.4, 0.5) is 5.69 Å². The average molecular weight is 431 g/mol. The zero-order valence-corrected chi connectivity index (χ0v) is 17.9. The van der Waals surface area contributed by atoms with Crippen molar-refractivity contribution in [2.45, 2.75) is 25.8 Å². The summed E-state index contributed by atoms with van der Waals surface area (Å²) in [5.41, 5.74) is 3.09. The van der Waals surface area contributed by atoms with Crippen LogP contribution < -0.4 is 10.6 Å². The lowest BCUT2D eigenvalue weighted by atomic mass is 10.1. The Bertz CT molecular complexity index is 1030. The molecule has 0 aliphatic carbocycles. The van der Waals surface area contributed by atoms with Gasteiger partial charge in [0.05, 0.1) is 0 Å². The van der Waals surface area contributed by atoms with Crippen LogP contribution in [-0.2, 0) is 27.2 Å². The van der Waals surface area contributed by atoms with E-state index < -0.39 is 24.5 Å². The van der Waals surface area contributed by atoms with Crippen molar-refractivity contribution in [2.75, 3.05) is 11.9 Å². The van der Waals surface area contributed by atoms with Crippen LogP contribution in [0.5, 0.6) is 0 Å². The Balaban J connectivity index is 1.61. The van der Waals surface area contributed by atoms with Crippen LogP contribution in [-0.4, -0.2) is 30.4 Å². The molecule has 164 valence electrons. The third-order valence-electron chi connectivity index (χ3n) is 4.90. The summed E-state index contributed by atoms with van der Waals surface area (Å²) in [7, 11) is 0. The number of carbonyl (C=O) groups excluding carboxylic acids is 3. The molecule has 3 rings (SSSR count). The molecule has 3 aromatic carbocycles. The molecule has 32 heavy (non-hydrogen) atoms. The fraction of sp³-hybridized carbons (Fsp3) is 0.192. The number of anilines is 1. The Hall–Kier alpha value is -3.93. The summed E-state index contributed by atoms with van der Waals surface area (Å²) in [6.07, 6.45) is 1.15. The average Bonchev–Trinajstić information content (AvgIpc) is 2.83. The first-order valence-corrected chi connectivity index (χ1v) is 10.5. The molecule has 6 nitrogen and oxygen atoms in total. The second-order valence-corrected chi connectivity index (χ2v) is 7.29. The summed E-state index contributed by atoms with van der Waals surface area (Å²) >= 11 is 0. The molecule has 6 heteroatoms. The lowest BCUT2D eigenvalue weighted by Crippen LogP contribution is -2.44. The van der Waals surface area contributed by atoms with Gasteiger partial charge >= 0.3 is 5.97 Å². The van der Waals surface area contributed by atoms with Gasteiger partial charge in [-0.15, -0.1) is 0 Å². The topological polar surface area (TPSA) is 84.5 Å². The highest BCUT2D eigenvalue weighted by Gasteiger charge is 2.24. The molecule has 3 aromatic rings. The molecular formula is C26H26N2O4. The van der Waals surface area contributed by atoms with Gasteiger partial charge in [-0.2, -0.15) is 0 Å². The van der Waals surface area contributed by atoms with Crippen molar-refractivity contribution >= 4 is 23.5 Å². The first-order valence-electron chi connectivity index (χ1n) is 10.5. The van der Waals surface area contributed by atoms with Gasteiger partial charge in [-0.05, 0) is 41.8 Å². The second-order valence-electron chi connectivity index (χ2n) is 7.29. The number of hydrogen-bond acceptors (Lipinski definition) is 4. The van der Waals surface area contributed by atoms with E-state index in [0.29, 0.717) is 11.3 Å². The standard InChI is InChI=1S/C26H26N2O4/c1-2-19-13-15-22(16-14-19)27-24(29)18-32-26(31)23(17-20-9-5-3-6-10-20)28-25(30)21-11-7-4-8-12-21/h3-16,23H,2,17-18H2,1H3,(H,27,29)(H,28,30). The maximum atomic E-state index is 12.7. The Kier molecular flexibility index (Phi) is 8.15. The number of nitrogens with one attached hydrogen (secondary N) is 2. The molecular weight excluding hydrogens is 404 g/mol. The smallest absolute Gasteiger partial charge is 0.329 e. The van der Waals surface area contributed by atoms with E-state index in [2.05, 4.69) is 17.6 Å². The monoisotopic (exact) mass is 430 g/mol. The highest BCUT2D eigenvalue weighted by atomic mass is 16.5. The van der Waals surface area contributed by atoms with Crippen LogP contribution in [0.1, 0.15) is 28.4 Å². The molecule has 0 aliphatic heterocycles. The number of esters is 1. The van der Waals surface area contributed by atoms with Crippen LogP contribution in [0.15, 0.2) is 84.9 Å². The number of aryl methyl sites for hydroxylation is 1. The van der Waals surface area contributed by atoms with Gasteiger partial charge in [-0.3, -0.25) is 9.59 Å². The summed E-state index contributed by atoms with van der Waals surface area (Å²) in [5, 5.41) is 5.42. The predicted octanol–water partition coefficient (Wildman–Crippen LogP) is 3.77. The molecule has 0 fully saturated rings. The molecule has 0 radical (unpaired) electrons. The summed E-state index contributed by atoms with van der Waals surface area (Å²) in [6, 6.07) is 24.5. The molecule has 0 spiro atoms. The van der Waals surface area contributed by atoms with Gasteiger partial charge in [0.25, 0.3) is 11.8 Å². The molecule has 0 aliphatic rings. The van der Waals surface area contributed by atoms with E-state index >= 15 is 0 Å². The number of rotatable bonds is 9. The molecule has 0 aromatic heterocycles. The molecule has 1 unspecified atom stereocenters. The Labute approximate surface area is 187 Å². The number of carbonyl (C=O) groups is 3. The van der Waals surface area contributed by atoms with E-state index in [4.69, 9.17) is 4.74 Å². The Morgan fingerprint density at radius 3 is 2.06 bits per heavy atom. The van der Waals surface area contributed by atoms with Crippen molar-refractivity contribution in [1.29, 1.82) is 0 Å². The fourth-order valence-corrected chi connectivity index (χ4v) is 3.13. The lowest BCUT2D eigenvalue weighted by Gasteiger charge is -2.18. The van der Waals surface area contributed by atoms with Gasteiger partial charge in [-0.25, -0.2) is 4.79 Å². The third kappa shape index (κ3) is 6.80. The third-order valence-corrected chi connectivity index (χ3v) is 4.90. The number of ether oxygens (including phenoxy) is 1. The SMILES string of the molecule is CCc1ccc(NC(=O)COC(=O)C(Cc2ccccc2)NC(=O)c2ccccc2)cc1. The number of hydrogen-bond donors (Lipinski definition) is 2. The Morgan fingerprint density at radius 1 is 0.812 bits per heavy atom. The number of amides is 2. The molecule has 0 heterocycles. The van der Waals surface area contributed by atoms with Gasteiger partial charge < -0.3 is 15.4 Å². The van der Waals surface area contributed by atoms with E-state index in [1.807, 2.05) is 42.5 Å². The highest BCUT2D eigenvalue weighted by Crippen LogP contribution is 2.10. The molecule has 0 saturated heterocycles. The largest absolute Gasteiger partial charge is 0.454 e. The summed E-state index contributed by atoms with van der Waals surface area (Å²) in [4.78, 5) is 37.5. The van der Waals surface area contributed by atoms with Gasteiger partial charge in [0, 0.05) is 17.7 Å². The maximum Gasteiger partial charge on any atom is 0.329 e. The van der Waals surface area contributed by atoms with E-state index in [1.165, 1.54) is 0 Å². The predicted molar refractivity (Wildman–Crippen MR) is 123 cm³/mol. The minimum absolute atomic E-state index is 0.248. The zero-order valence-electron chi connectivity index (χ0n) is 17.9. The highest BCUT2D eigenvalue weighted by molar-refractivity contribution is 5.97. The first-order chi connectivity index (χ1) is 15.5. The van der Waals surface area contributed by atoms with Crippen LogP contribution in [0.3, 0.4) is 0 Å².